The monoisotopic (exact) mass is 377 g/mol. The number of hydrogen-bond acceptors (Lipinski definition) is 5. The highest BCUT2D eigenvalue weighted by Gasteiger charge is 2.64. The standard InChI is InChI=1S/C15H15F4N3O4/c1-6-10-11(15(17,18)19)26-12(21-13(23)24)22-14(10,5-25-6)8-4-7(20)2-3-9(8)16/h2-4,6,10-11H,5,20H2,1H3,(H,21,22)(H,23,24)/t6-,10+,11+,14-/m1/s1. The van der Waals surface area contributed by atoms with Crippen LogP contribution in [0, 0.1) is 11.7 Å². The zero-order chi connectivity index (χ0) is 19.3. The molecule has 2 aliphatic rings. The van der Waals surface area contributed by atoms with E-state index in [9.17, 15) is 22.4 Å². The number of ether oxygens (including phenoxy) is 2. The predicted molar refractivity (Wildman–Crippen MR) is 80.9 cm³/mol. The lowest BCUT2D eigenvalue weighted by Crippen LogP contribution is -2.56. The fourth-order valence-electron chi connectivity index (χ4n) is 3.46. The van der Waals surface area contributed by atoms with Gasteiger partial charge in [-0.3, -0.25) is 0 Å². The van der Waals surface area contributed by atoms with E-state index in [1.54, 1.807) is 5.32 Å². The lowest BCUT2D eigenvalue weighted by atomic mass is 9.74. The van der Waals surface area contributed by atoms with Crippen molar-refractivity contribution in [3.8, 4) is 0 Å². The molecule has 4 atom stereocenters. The number of nitrogens with one attached hydrogen (secondary N) is 1. The van der Waals surface area contributed by atoms with E-state index in [0.29, 0.717) is 0 Å². The molecule has 0 aliphatic carbocycles. The third-order valence-electron chi connectivity index (χ3n) is 4.48. The Bertz CT molecular complexity index is 770. The molecule has 7 nitrogen and oxygen atoms in total. The minimum absolute atomic E-state index is 0.118. The Labute approximate surface area is 144 Å². The van der Waals surface area contributed by atoms with Gasteiger partial charge in [0.1, 0.15) is 11.4 Å². The summed E-state index contributed by atoms with van der Waals surface area (Å²) < 4.78 is 65.4. The molecular weight excluding hydrogens is 362 g/mol. The van der Waals surface area contributed by atoms with Crippen LogP contribution in [0.2, 0.25) is 0 Å². The van der Waals surface area contributed by atoms with Crippen molar-refractivity contribution < 1.29 is 36.9 Å². The molecule has 4 N–H and O–H groups in total. The molecule has 1 fully saturated rings. The molecule has 1 amide bonds. The highest BCUT2D eigenvalue weighted by molar-refractivity contribution is 5.90. The van der Waals surface area contributed by atoms with Crippen LogP contribution in [0.1, 0.15) is 12.5 Å². The van der Waals surface area contributed by atoms with Crippen LogP contribution in [0.4, 0.5) is 28.0 Å². The van der Waals surface area contributed by atoms with E-state index in [0.717, 1.165) is 6.07 Å². The van der Waals surface area contributed by atoms with Gasteiger partial charge in [-0.1, -0.05) is 0 Å². The van der Waals surface area contributed by atoms with Crippen LogP contribution in [0.3, 0.4) is 0 Å². The Hall–Kier alpha value is -2.56. The van der Waals surface area contributed by atoms with Gasteiger partial charge >= 0.3 is 12.3 Å². The maximum absolute atomic E-state index is 14.5. The first-order valence-electron chi connectivity index (χ1n) is 7.55. The Morgan fingerprint density at radius 2 is 2.15 bits per heavy atom. The van der Waals surface area contributed by atoms with Crippen molar-refractivity contribution in [1.29, 1.82) is 0 Å². The molecule has 1 aromatic carbocycles. The average molecular weight is 377 g/mol. The van der Waals surface area contributed by atoms with E-state index in [1.807, 2.05) is 0 Å². The number of rotatable bonds is 1. The van der Waals surface area contributed by atoms with Crippen molar-refractivity contribution in [3.05, 3.63) is 29.6 Å². The van der Waals surface area contributed by atoms with Gasteiger partial charge in [0, 0.05) is 11.3 Å². The molecule has 0 radical (unpaired) electrons. The summed E-state index contributed by atoms with van der Waals surface area (Å²) in [5.74, 6) is -2.26. The second-order valence-corrected chi connectivity index (χ2v) is 6.13. The number of carbonyl (C=O) groups is 1. The predicted octanol–water partition coefficient (Wildman–Crippen LogP) is 2.22. The maximum atomic E-state index is 14.5. The van der Waals surface area contributed by atoms with E-state index >= 15 is 0 Å². The molecule has 142 valence electrons. The average Bonchev–Trinajstić information content (AvgIpc) is 2.85. The van der Waals surface area contributed by atoms with Gasteiger partial charge in [0.2, 0.25) is 6.10 Å². The molecule has 26 heavy (non-hydrogen) atoms. The second-order valence-electron chi connectivity index (χ2n) is 6.13. The van der Waals surface area contributed by atoms with E-state index in [1.165, 1.54) is 19.1 Å². The van der Waals surface area contributed by atoms with Crippen molar-refractivity contribution in [1.82, 2.24) is 5.32 Å². The number of alkyl halides is 3. The summed E-state index contributed by atoms with van der Waals surface area (Å²) in [7, 11) is 0. The Morgan fingerprint density at radius 1 is 1.46 bits per heavy atom. The van der Waals surface area contributed by atoms with Crippen LogP contribution in [0.15, 0.2) is 23.2 Å². The molecule has 2 aliphatic heterocycles. The molecule has 1 aromatic rings. The fraction of sp³-hybridized carbons (Fsp3) is 0.467. The zero-order valence-corrected chi connectivity index (χ0v) is 13.4. The Morgan fingerprint density at radius 3 is 2.77 bits per heavy atom. The minimum Gasteiger partial charge on any atom is -0.465 e. The summed E-state index contributed by atoms with van der Waals surface area (Å²) in [6.45, 7) is 1.00. The second kappa shape index (κ2) is 6.01. The maximum Gasteiger partial charge on any atom is 0.426 e. The van der Waals surface area contributed by atoms with Gasteiger partial charge < -0.3 is 20.3 Å². The summed E-state index contributed by atoms with van der Waals surface area (Å²) in [6, 6.07) is 2.56. The van der Waals surface area contributed by atoms with Crippen LogP contribution in [-0.2, 0) is 15.0 Å². The minimum atomic E-state index is -4.87. The number of carboxylic acid groups (broad SMARTS) is 1. The molecular formula is C15H15F4N3O4. The fourth-order valence-corrected chi connectivity index (χ4v) is 3.46. The number of amidine groups is 1. The molecule has 1 saturated heterocycles. The molecule has 2 heterocycles. The summed E-state index contributed by atoms with van der Waals surface area (Å²) in [6.07, 6.45) is -9.95. The summed E-state index contributed by atoms with van der Waals surface area (Å²) in [5.41, 5.74) is 3.73. The molecule has 0 aromatic heterocycles. The highest BCUT2D eigenvalue weighted by Crippen LogP contribution is 2.51. The smallest absolute Gasteiger partial charge is 0.426 e. The normalized spacial score (nSPS) is 31.0. The van der Waals surface area contributed by atoms with Crippen molar-refractivity contribution in [3.63, 3.8) is 0 Å². The first-order valence-corrected chi connectivity index (χ1v) is 7.55. The van der Waals surface area contributed by atoms with Crippen molar-refractivity contribution >= 4 is 17.8 Å². The van der Waals surface area contributed by atoms with Gasteiger partial charge in [-0.15, -0.1) is 0 Å². The van der Waals surface area contributed by atoms with Gasteiger partial charge in [-0.05, 0) is 25.1 Å². The number of nitrogens with two attached hydrogens (primary N) is 1. The third kappa shape index (κ3) is 2.91. The van der Waals surface area contributed by atoms with Gasteiger partial charge in [-0.2, -0.15) is 13.2 Å². The van der Waals surface area contributed by atoms with Crippen LogP contribution >= 0.6 is 0 Å². The number of anilines is 1. The molecule has 0 bridgehead atoms. The number of fused-ring (bicyclic) bond motifs is 1. The number of nitrogens with zero attached hydrogens (tertiary/aromatic N) is 1. The van der Waals surface area contributed by atoms with E-state index < -0.39 is 47.8 Å². The number of benzene rings is 1. The van der Waals surface area contributed by atoms with Gasteiger partial charge in [-0.25, -0.2) is 19.5 Å². The number of amides is 1. The molecule has 11 heteroatoms. The summed E-state index contributed by atoms with van der Waals surface area (Å²) >= 11 is 0. The van der Waals surface area contributed by atoms with Crippen LogP contribution in [0.5, 0.6) is 0 Å². The van der Waals surface area contributed by atoms with E-state index in [-0.39, 0.29) is 17.9 Å². The van der Waals surface area contributed by atoms with Crippen LogP contribution in [0.25, 0.3) is 0 Å². The Kier molecular flexibility index (Phi) is 4.21. The first kappa shape index (κ1) is 18.2. The lowest BCUT2D eigenvalue weighted by molar-refractivity contribution is -0.227. The molecule has 0 saturated carbocycles. The first-order chi connectivity index (χ1) is 12.0. The van der Waals surface area contributed by atoms with Crippen molar-refractivity contribution in [2.24, 2.45) is 10.9 Å². The van der Waals surface area contributed by atoms with E-state index in [2.05, 4.69) is 4.99 Å². The number of hydrogen-bond donors (Lipinski definition) is 3. The quantitative estimate of drug-likeness (QED) is 0.514. The summed E-state index contributed by atoms with van der Waals surface area (Å²) in [4.78, 5) is 14.8. The van der Waals surface area contributed by atoms with Crippen LogP contribution in [-0.4, -0.2) is 42.2 Å². The van der Waals surface area contributed by atoms with Crippen molar-refractivity contribution in [2.45, 2.75) is 30.8 Å². The number of nitrogen functional groups attached to an aromatic ring is 1. The lowest BCUT2D eigenvalue weighted by Gasteiger charge is -2.41. The van der Waals surface area contributed by atoms with Gasteiger partial charge in [0.15, 0.2) is 0 Å². The van der Waals surface area contributed by atoms with E-state index in [4.69, 9.17) is 20.3 Å². The Balaban J connectivity index is 2.23. The SMILES string of the molecule is C[C@H]1OC[C@]2(c3cc(N)ccc3F)N=C(NC(=O)O)O[C@H](C(F)(F)F)[C@H]12. The molecule has 0 spiro atoms. The molecule has 3 rings (SSSR count). The number of halogens is 4. The largest absolute Gasteiger partial charge is 0.465 e. The molecule has 0 unspecified atom stereocenters. The topological polar surface area (TPSA) is 106 Å². The van der Waals surface area contributed by atoms with Gasteiger partial charge in [0.25, 0.3) is 6.02 Å². The highest BCUT2D eigenvalue weighted by atomic mass is 19.4. The van der Waals surface area contributed by atoms with Gasteiger partial charge in [0.05, 0.1) is 18.6 Å². The van der Waals surface area contributed by atoms with Crippen LogP contribution < -0.4 is 11.1 Å². The zero-order valence-electron chi connectivity index (χ0n) is 13.4. The van der Waals surface area contributed by atoms with Crippen molar-refractivity contribution in [2.75, 3.05) is 12.3 Å². The summed E-state index contributed by atoms with van der Waals surface area (Å²) in [5, 5.41) is 10.5. The number of aliphatic imine (C=N–C) groups is 1. The third-order valence-corrected chi connectivity index (χ3v) is 4.48.